The van der Waals surface area contributed by atoms with Crippen LogP contribution in [0.2, 0.25) is 0 Å². The van der Waals surface area contributed by atoms with Gasteiger partial charge in [-0.25, -0.2) is 0 Å². The lowest BCUT2D eigenvalue weighted by molar-refractivity contribution is -0.351. The van der Waals surface area contributed by atoms with Crippen molar-refractivity contribution in [1.82, 2.24) is 0 Å². The Balaban J connectivity index is 1.12. The molecule has 67 heavy (non-hydrogen) atoms. The summed E-state index contributed by atoms with van der Waals surface area (Å²) in [4.78, 5) is 0. The van der Waals surface area contributed by atoms with Gasteiger partial charge in [-0.2, -0.15) is 0 Å². The van der Waals surface area contributed by atoms with Gasteiger partial charge in [-0.15, -0.1) is 0 Å². The fraction of sp³-hybridized carbons (Fsp3) is 0.958. The van der Waals surface area contributed by atoms with Crippen LogP contribution in [0.1, 0.15) is 107 Å². The Morgan fingerprint density at radius 1 is 0.627 bits per heavy atom. The van der Waals surface area contributed by atoms with E-state index >= 15 is 0 Å². The van der Waals surface area contributed by atoms with E-state index in [2.05, 4.69) is 40.7 Å². The van der Waals surface area contributed by atoms with E-state index in [1.54, 1.807) is 0 Å². The summed E-state index contributed by atoms with van der Waals surface area (Å²) >= 11 is 0. The van der Waals surface area contributed by atoms with Gasteiger partial charge < -0.3 is 94.8 Å². The van der Waals surface area contributed by atoms with Gasteiger partial charge in [-0.3, -0.25) is 0 Å². The van der Waals surface area contributed by atoms with Crippen LogP contribution in [0.5, 0.6) is 0 Å². The maximum atomic E-state index is 12.7. The number of allylic oxidation sites excluding steroid dienone is 2. The molecule has 7 fully saturated rings. The van der Waals surface area contributed by atoms with Gasteiger partial charge in [0.05, 0.1) is 43.7 Å². The van der Waals surface area contributed by atoms with Crippen molar-refractivity contribution >= 4 is 0 Å². The summed E-state index contributed by atoms with van der Waals surface area (Å²) in [6, 6.07) is 0. The van der Waals surface area contributed by atoms with Crippen molar-refractivity contribution in [3.63, 3.8) is 0 Å². The molecule has 4 saturated carbocycles. The molecule has 7 rings (SSSR count). The van der Waals surface area contributed by atoms with Crippen LogP contribution in [0.3, 0.4) is 0 Å². The molecule has 388 valence electrons. The highest BCUT2D eigenvalue weighted by atomic mass is 16.7. The zero-order chi connectivity index (χ0) is 49.5. The third kappa shape index (κ3) is 9.03. The maximum Gasteiger partial charge on any atom is 0.187 e. The molecule has 19 heteroatoms. The van der Waals surface area contributed by atoms with Crippen LogP contribution < -0.4 is 0 Å². The molecule has 0 radical (unpaired) electrons. The van der Waals surface area contributed by atoms with Crippen LogP contribution in [0, 0.1) is 45.3 Å². The van der Waals surface area contributed by atoms with Gasteiger partial charge in [0.15, 0.2) is 18.9 Å². The van der Waals surface area contributed by atoms with Crippen molar-refractivity contribution in [3.05, 3.63) is 11.6 Å². The number of aliphatic hydroxyl groups is 13. The van der Waals surface area contributed by atoms with E-state index in [-0.39, 0.29) is 35.5 Å². The monoisotopic (exact) mass is 963 g/mol. The molecule has 0 aromatic rings. The van der Waals surface area contributed by atoms with Crippen molar-refractivity contribution in [2.45, 2.75) is 223 Å². The predicted molar refractivity (Wildman–Crippen MR) is 235 cm³/mol. The van der Waals surface area contributed by atoms with Crippen molar-refractivity contribution < 1.29 is 94.8 Å². The van der Waals surface area contributed by atoms with Crippen LogP contribution in [-0.4, -0.2) is 202 Å². The number of ether oxygens (including phenoxy) is 6. The highest BCUT2D eigenvalue weighted by Crippen LogP contribution is 2.76. The summed E-state index contributed by atoms with van der Waals surface area (Å²) in [5.74, 6) is -0.834. The number of rotatable bonds is 13. The molecule has 7 aliphatic rings. The standard InChI is InChI=1S/C48H82O19/c1-21(2)10-9-13-47(7,67-43-40(61)37(58)34(55)26(65-43)20-62-41-38(59)35(56)32(53)24(18-49)63-41)22-11-14-46(6)31(22)23(51)16-28-45(46,5)15-12-27-44(3,4)30(17-29(52)48(27,28)8)66-42-39(60)36(57)33(54)25(19-50)64-42/h10,22-43,49-61H,9,11-20H2,1-8H3/t22-,23+,24+,25+,26+,27+,28-,29-,30+,31-,32+,33+,34+,35-,36-,37-,38+,39+,40+,41+,42-,43-,45+,46+,47-,48+/m0/s1. The first kappa shape index (κ1) is 53.8. The summed E-state index contributed by atoms with van der Waals surface area (Å²) in [5.41, 5.74) is -2.11. The molecule has 26 atom stereocenters. The third-order valence-electron chi connectivity index (χ3n) is 18.9. The van der Waals surface area contributed by atoms with Crippen molar-refractivity contribution in [1.29, 1.82) is 0 Å². The van der Waals surface area contributed by atoms with Gasteiger partial charge >= 0.3 is 0 Å². The predicted octanol–water partition coefficient (Wildman–Crippen LogP) is -1.06. The molecule has 0 unspecified atom stereocenters. The van der Waals surface area contributed by atoms with Gasteiger partial charge in [0, 0.05) is 11.8 Å². The van der Waals surface area contributed by atoms with Crippen LogP contribution in [0.25, 0.3) is 0 Å². The largest absolute Gasteiger partial charge is 0.394 e. The maximum absolute atomic E-state index is 12.7. The topological polar surface area (TPSA) is 318 Å². The molecule has 0 amide bonds. The van der Waals surface area contributed by atoms with Crippen molar-refractivity contribution in [3.8, 4) is 0 Å². The first-order chi connectivity index (χ1) is 31.2. The zero-order valence-electron chi connectivity index (χ0n) is 40.3. The van der Waals surface area contributed by atoms with E-state index in [1.807, 2.05) is 20.8 Å². The number of hydrogen-bond donors (Lipinski definition) is 13. The van der Waals surface area contributed by atoms with Gasteiger partial charge in [-0.1, -0.05) is 46.3 Å². The molecule has 3 aliphatic heterocycles. The van der Waals surface area contributed by atoms with E-state index in [4.69, 9.17) is 28.4 Å². The minimum atomic E-state index is -1.75. The highest BCUT2D eigenvalue weighted by Gasteiger charge is 2.73. The summed E-state index contributed by atoms with van der Waals surface area (Å²) in [7, 11) is 0. The summed E-state index contributed by atoms with van der Waals surface area (Å²) < 4.78 is 36.4. The Hall–Kier alpha value is -1.02. The van der Waals surface area contributed by atoms with E-state index < -0.39 is 152 Å². The Morgan fingerprint density at radius 2 is 1.15 bits per heavy atom. The highest BCUT2D eigenvalue weighted by molar-refractivity contribution is 5.22. The minimum Gasteiger partial charge on any atom is -0.394 e. The minimum absolute atomic E-state index is 0.108. The van der Waals surface area contributed by atoms with Crippen LogP contribution in [0.15, 0.2) is 11.6 Å². The normalized spacial score (nSPS) is 52.9. The summed E-state index contributed by atoms with van der Waals surface area (Å²) in [6.07, 6.45) is -18.8. The van der Waals surface area contributed by atoms with E-state index in [9.17, 15) is 66.4 Å². The average Bonchev–Trinajstić information content (AvgIpc) is 3.66. The molecule has 3 heterocycles. The second-order valence-electron chi connectivity index (χ2n) is 23.0. The van der Waals surface area contributed by atoms with Gasteiger partial charge in [0.25, 0.3) is 0 Å². The molecular weight excluding hydrogens is 881 g/mol. The average molecular weight is 963 g/mol. The fourth-order valence-electron chi connectivity index (χ4n) is 14.7. The summed E-state index contributed by atoms with van der Waals surface area (Å²) in [5, 5.41) is 141. The number of hydrogen-bond acceptors (Lipinski definition) is 19. The molecule has 19 nitrogen and oxygen atoms in total. The molecule has 0 aromatic heterocycles. The van der Waals surface area contributed by atoms with Crippen molar-refractivity contribution in [2.24, 2.45) is 45.3 Å². The SMILES string of the molecule is CC(C)=CCC[C@](C)(O[C@@H]1O[C@H](CO[C@@H]2O[C@H](CO)[C@@H](O)[C@H](O)[C@H]2O)[C@@H](O)[C@H](O)[C@H]1O)[C@H]1CC[C@]2(C)[C@@H]1[C@H](O)C[C@@H]1[C@@]3(C)[C@H](CC[C@]12C)C(C)(C)[C@H](O[C@@H]1O[C@H](CO)[C@@H](O)[C@H](O)[C@H]1O)C[C@@H]3O. The fourth-order valence-corrected chi connectivity index (χ4v) is 14.7. The van der Waals surface area contributed by atoms with E-state index in [0.717, 1.165) is 18.4 Å². The lowest BCUT2D eigenvalue weighted by Crippen LogP contribution is -2.70. The van der Waals surface area contributed by atoms with Gasteiger partial charge in [0.1, 0.15) is 73.2 Å². The first-order valence-corrected chi connectivity index (χ1v) is 24.5. The Labute approximate surface area is 393 Å². The summed E-state index contributed by atoms with van der Waals surface area (Å²) in [6.45, 7) is 15.0. The smallest absolute Gasteiger partial charge is 0.187 e. The molecule has 3 saturated heterocycles. The van der Waals surface area contributed by atoms with E-state index in [1.165, 1.54) is 0 Å². The lowest BCUT2D eigenvalue weighted by Gasteiger charge is -2.71. The molecule has 13 N–H and O–H groups in total. The molecule has 4 aliphatic carbocycles. The van der Waals surface area contributed by atoms with Crippen LogP contribution in [0.4, 0.5) is 0 Å². The zero-order valence-corrected chi connectivity index (χ0v) is 40.3. The Morgan fingerprint density at radius 3 is 1.73 bits per heavy atom. The van der Waals surface area contributed by atoms with Crippen molar-refractivity contribution in [2.75, 3.05) is 19.8 Å². The Kier molecular flexibility index (Phi) is 15.9. The molecular formula is C48H82O19. The number of aliphatic hydroxyl groups excluding tert-OH is 13. The first-order valence-electron chi connectivity index (χ1n) is 24.5. The van der Waals surface area contributed by atoms with E-state index in [0.29, 0.717) is 32.1 Å². The molecule has 0 bridgehead atoms. The quantitative estimate of drug-likeness (QED) is 0.0773. The number of fused-ring (bicyclic) bond motifs is 5. The Bertz CT molecular complexity index is 1710. The molecule has 0 aromatic carbocycles. The second-order valence-corrected chi connectivity index (χ2v) is 23.0. The van der Waals surface area contributed by atoms with Crippen LogP contribution >= 0.6 is 0 Å². The van der Waals surface area contributed by atoms with Gasteiger partial charge in [0.2, 0.25) is 0 Å². The van der Waals surface area contributed by atoms with Gasteiger partial charge in [-0.05, 0) is 106 Å². The van der Waals surface area contributed by atoms with Crippen LogP contribution in [-0.2, 0) is 28.4 Å². The lowest BCUT2D eigenvalue weighted by atomic mass is 9.34. The molecule has 0 spiro atoms. The third-order valence-corrected chi connectivity index (χ3v) is 18.9. The second kappa shape index (κ2) is 19.8.